The number of phosphoric ester groups is 2. The van der Waals surface area contributed by atoms with Crippen LogP contribution in [0.4, 0.5) is 19.1 Å². The van der Waals surface area contributed by atoms with Gasteiger partial charge in [0, 0.05) is 49.1 Å². The van der Waals surface area contributed by atoms with Crippen LogP contribution in [0, 0.1) is 11.8 Å². The van der Waals surface area contributed by atoms with E-state index in [-0.39, 0.29) is 53.7 Å². The minimum absolute atomic E-state index is 0.0332. The van der Waals surface area contributed by atoms with Crippen molar-refractivity contribution < 1.29 is 127 Å². The number of aliphatic carboxylic acids is 1. The number of hydrogen-bond acceptors (Lipinski definition) is 26. The Bertz CT molecular complexity index is 2800. The van der Waals surface area contributed by atoms with E-state index in [0.717, 1.165) is 0 Å². The largest absolute Gasteiger partial charge is 0.557 e. The van der Waals surface area contributed by atoms with Crippen molar-refractivity contribution in [1.29, 1.82) is 0 Å². The van der Waals surface area contributed by atoms with E-state index in [4.69, 9.17) is 50.0 Å². The lowest BCUT2D eigenvalue weighted by molar-refractivity contribution is -0.300. The van der Waals surface area contributed by atoms with Crippen LogP contribution in [0.1, 0.15) is 39.7 Å². The van der Waals surface area contributed by atoms with E-state index in [0.29, 0.717) is 28.7 Å². The van der Waals surface area contributed by atoms with E-state index in [1.807, 2.05) is 0 Å². The number of carboxylic acid groups (broad SMARTS) is 1. The van der Waals surface area contributed by atoms with Crippen LogP contribution < -0.4 is 22.3 Å². The fraction of sp³-hybridized carbons (Fsp3) is 0.333. The first-order chi connectivity index (χ1) is 33.8. The number of alkyl halides is 3. The zero-order chi connectivity index (χ0) is 53.3. The van der Waals surface area contributed by atoms with Gasteiger partial charge in [-0.25, -0.2) is 38.5 Å². The monoisotopic (exact) mass is 1130 g/mol. The number of rotatable bonds is 25. The molecule has 0 spiro atoms. The number of nitrogens with one attached hydrogen (secondary N) is 2. The highest BCUT2D eigenvalue weighted by molar-refractivity contribution is 7.93. The van der Waals surface area contributed by atoms with E-state index in [1.54, 1.807) is 54.6 Å². The van der Waals surface area contributed by atoms with Gasteiger partial charge in [0.25, 0.3) is 11.5 Å². The van der Waals surface area contributed by atoms with Crippen LogP contribution in [0.15, 0.2) is 65.6 Å². The number of ether oxygens (including phenoxy) is 1. The van der Waals surface area contributed by atoms with Crippen LogP contribution >= 0.6 is 43.3 Å². The number of phosphoric acid groups is 4. The van der Waals surface area contributed by atoms with Crippen molar-refractivity contribution in [1.82, 2.24) is 19.9 Å². The number of aliphatic hydroxyl groups excluding tert-OH is 1. The molecule has 0 saturated carbocycles. The molecule has 7 unspecified atom stereocenters. The summed E-state index contributed by atoms with van der Waals surface area (Å²) in [5.74, 6) is 1.69. The summed E-state index contributed by atoms with van der Waals surface area (Å²) in [5.41, 5.74) is 11.7. The lowest BCUT2D eigenvalue weighted by Gasteiger charge is -2.20. The Morgan fingerprint density at radius 3 is 2.29 bits per heavy atom. The minimum atomic E-state index is -5.78. The number of nitrogens with zero attached hydrogens (tertiary/aromatic N) is 2. The number of H-pyrrole nitrogens is 1. The zero-order valence-electron chi connectivity index (χ0n) is 35.8. The topological polar surface area (TPSA) is 449 Å². The zero-order valence-corrected chi connectivity index (χ0v) is 40.2. The SMILES string of the molecule is NCCNC(=O)c1cccc(CSOOP(=O)(O)OCC#Cc2cn(C3CC(O)C(COP(=O)(O)OP(=O)(OO)OOP(=O)(OO)OOCc4ccccc4)O3)c3nc(N)[nH]c(=O)c23)c1.O=C(O)C(F)(F)F. The molecule has 1 amide bonds. The van der Waals surface area contributed by atoms with Gasteiger partial charge >= 0.3 is 43.4 Å². The number of benzene rings is 2. The van der Waals surface area contributed by atoms with Gasteiger partial charge in [0.15, 0.2) is 5.65 Å². The number of hydrogen-bond donors (Lipinski definition) is 10. The number of aromatic amines is 1. The molecule has 0 radical (unpaired) electrons. The third-order valence-corrected chi connectivity index (χ3v) is 13.1. The first-order valence-corrected chi connectivity index (χ1v) is 26.0. The number of amides is 1. The van der Waals surface area contributed by atoms with Gasteiger partial charge in [-0.1, -0.05) is 54.3 Å². The Labute approximate surface area is 404 Å². The second-order valence-electron chi connectivity index (χ2n) is 13.4. The van der Waals surface area contributed by atoms with E-state index >= 15 is 0 Å². The number of aromatic nitrogens is 3. The van der Waals surface area contributed by atoms with Gasteiger partial charge in [0.05, 0.1) is 23.7 Å². The number of nitrogens with two attached hydrogens (primary N) is 2. The van der Waals surface area contributed by atoms with Crippen LogP contribution in [0.3, 0.4) is 0 Å². The van der Waals surface area contributed by atoms with Crippen molar-refractivity contribution >= 4 is 72.2 Å². The van der Waals surface area contributed by atoms with Crippen LogP contribution in [0.5, 0.6) is 0 Å². The number of carbonyl (C=O) groups is 2. The van der Waals surface area contributed by atoms with Crippen molar-refractivity contribution in [3.8, 4) is 11.8 Å². The standard InChI is InChI=1S/C31H38N6O23P4S.C2HF3O2/c32-11-12-34-29(39)22-9-4-8-21(14-22)19-65-59-58-61(43,44)50-13-5-10-23-16-37(28-27(23)30(40)36-31(33)35-28)26-15-24(38)25(52-26)18-51-62(45,46)60-64(48,54-42)57-56-63(47,53-41)55-49-17-20-6-2-1-3-7-20;3-2(4,5)1(6)7/h1-4,6-9,14,16,24-26,38,41-42H,11-13,15,17-19,32H2,(H,34,39)(H,43,44)(H,45,46)(H3,33,35,36,40);(H,6,7). The molecule has 2 aromatic heterocycles. The second-order valence-corrected chi connectivity index (χ2v) is 19.8. The molecule has 5 rings (SSSR count). The molecule has 7 atom stereocenters. The molecule has 3 heterocycles. The van der Waals surface area contributed by atoms with Gasteiger partial charge in [-0.2, -0.15) is 26.8 Å². The number of nitrogen functional groups attached to an aromatic ring is 1. The van der Waals surface area contributed by atoms with E-state index in [1.165, 1.54) is 10.8 Å². The van der Waals surface area contributed by atoms with Crippen molar-refractivity contribution in [3.05, 3.63) is 93.4 Å². The summed E-state index contributed by atoms with van der Waals surface area (Å²) in [5, 5.41) is 38.3. The van der Waals surface area contributed by atoms with Gasteiger partial charge < -0.3 is 46.1 Å². The molecule has 0 bridgehead atoms. The summed E-state index contributed by atoms with van der Waals surface area (Å²) >= 11 is 0.626. The number of anilines is 1. The molecule has 1 aliphatic rings. The summed E-state index contributed by atoms with van der Waals surface area (Å²) in [4.78, 5) is 65.2. The maximum absolute atomic E-state index is 12.9. The predicted octanol–water partition coefficient (Wildman–Crippen LogP) is 3.97. The van der Waals surface area contributed by atoms with E-state index < -0.39 is 87.3 Å². The Morgan fingerprint density at radius 1 is 0.972 bits per heavy atom. The molecule has 12 N–H and O–H groups in total. The molecular formula is C33H39F3N6O25P4S. The first kappa shape index (κ1) is 60.1. The quantitative estimate of drug-likeness (QED) is 0.0112. The van der Waals surface area contributed by atoms with Crippen molar-refractivity contribution in [3.63, 3.8) is 0 Å². The molecule has 31 nitrogen and oxygen atoms in total. The summed E-state index contributed by atoms with van der Waals surface area (Å²) in [6.07, 6.45) is -8.25. The van der Waals surface area contributed by atoms with Crippen molar-refractivity contribution in [2.45, 2.75) is 43.4 Å². The molecule has 398 valence electrons. The van der Waals surface area contributed by atoms with Crippen LogP contribution in [0.2, 0.25) is 0 Å². The molecule has 1 aliphatic heterocycles. The van der Waals surface area contributed by atoms with E-state index in [9.17, 15) is 55.9 Å². The van der Waals surface area contributed by atoms with Crippen molar-refractivity contribution in [2.75, 3.05) is 32.0 Å². The molecular weight excluding hydrogens is 1090 g/mol. The van der Waals surface area contributed by atoms with Gasteiger partial charge in [-0.3, -0.25) is 23.6 Å². The number of aliphatic hydroxyl groups is 1. The fourth-order valence-corrected chi connectivity index (χ4v) is 9.06. The van der Waals surface area contributed by atoms with Gasteiger partial charge in [0.2, 0.25) is 5.95 Å². The van der Waals surface area contributed by atoms with Crippen LogP contribution in [-0.2, 0) is 90.8 Å². The summed E-state index contributed by atoms with van der Waals surface area (Å²) in [6.45, 7) is -1.57. The molecule has 1 saturated heterocycles. The highest BCUT2D eigenvalue weighted by Crippen LogP contribution is 2.65. The third kappa shape index (κ3) is 19.1. The van der Waals surface area contributed by atoms with Gasteiger partial charge in [-0.15, -0.1) is 28.0 Å². The maximum Gasteiger partial charge on any atom is 0.557 e. The Kier molecular flexibility index (Phi) is 22.7. The summed E-state index contributed by atoms with van der Waals surface area (Å²) in [6, 6.07) is 14.5. The first-order valence-electron chi connectivity index (χ1n) is 19.2. The number of carboxylic acids is 1. The molecule has 4 aromatic rings. The number of fused-ring (bicyclic) bond motifs is 1. The van der Waals surface area contributed by atoms with Gasteiger partial charge in [0.1, 0.15) is 25.5 Å². The third-order valence-electron chi connectivity index (χ3n) is 8.23. The number of carbonyl (C=O) groups excluding carboxylic acids is 1. The average Bonchev–Trinajstić information content (AvgIpc) is 3.89. The summed E-state index contributed by atoms with van der Waals surface area (Å²) < 4.78 is 131. The molecule has 2 aromatic carbocycles. The minimum Gasteiger partial charge on any atom is -0.475 e. The average molecular weight is 1130 g/mol. The maximum atomic E-state index is 12.9. The molecule has 0 aliphatic carbocycles. The lowest BCUT2D eigenvalue weighted by atomic mass is 10.1. The highest BCUT2D eigenvalue weighted by atomic mass is 32.2. The Hall–Kier alpha value is -4.50. The van der Waals surface area contributed by atoms with E-state index in [2.05, 4.69) is 64.4 Å². The normalized spacial score (nSPS) is 19.1. The highest BCUT2D eigenvalue weighted by Gasteiger charge is 2.46. The number of halogens is 3. The summed E-state index contributed by atoms with van der Waals surface area (Å²) in [7, 11) is -21.6. The Balaban J connectivity index is 0.00000149. The smallest absolute Gasteiger partial charge is 0.475 e. The lowest BCUT2D eigenvalue weighted by Crippen LogP contribution is -2.28. The van der Waals surface area contributed by atoms with Crippen LogP contribution in [0.25, 0.3) is 11.0 Å². The Morgan fingerprint density at radius 2 is 1.64 bits per heavy atom. The van der Waals surface area contributed by atoms with Gasteiger partial charge in [-0.05, 0) is 23.3 Å². The van der Waals surface area contributed by atoms with Crippen molar-refractivity contribution in [2.24, 2.45) is 5.73 Å². The molecule has 1 fully saturated rings. The fourth-order valence-electron chi connectivity index (χ4n) is 5.25. The molecule has 72 heavy (non-hydrogen) atoms. The second kappa shape index (κ2) is 27.2. The predicted molar refractivity (Wildman–Crippen MR) is 231 cm³/mol. The molecule has 39 heteroatoms. The van der Waals surface area contributed by atoms with Crippen LogP contribution in [-0.4, -0.2) is 102 Å².